The minimum absolute atomic E-state index is 0. The van der Waals surface area contributed by atoms with Crippen LogP contribution in [0.15, 0.2) is 42.0 Å². The topological polar surface area (TPSA) is 0 Å². The third kappa shape index (κ3) is 8.16. The van der Waals surface area contributed by atoms with E-state index in [1.165, 1.54) is 60.8 Å². The Labute approximate surface area is 310 Å². The van der Waals surface area contributed by atoms with Crippen LogP contribution in [0.2, 0.25) is 0 Å². The number of halogens is 2. The molecule has 2 aromatic rings. The van der Waals surface area contributed by atoms with Crippen LogP contribution in [0.5, 0.6) is 0 Å². The summed E-state index contributed by atoms with van der Waals surface area (Å²) in [7, 11) is 0. The maximum absolute atomic E-state index is 3.16. The third-order valence-electron chi connectivity index (χ3n) is 11.3. The van der Waals surface area contributed by atoms with Crippen molar-refractivity contribution in [1.82, 2.24) is 0 Å². The van der Waals surface area contributed by atoms with Crippen LogP contribution in [0.25, 0.3) is 11.1 Å². The van der Waals surface area contributed by atoms with E-state index in [2.05, 4.69) is 125 Å². The summed E-state index contributed by atoms with van der Waals surface area (Å²) in [5.41, 5.74) is 15.1. The van der Waals surface area contributed by atoms with Crippen LogP contribution < -0.4 is 24.8 Å². The van der Waals surface area contributed by atoms with E-state index in [-0.39, 0.29) is 46.5 Å². The van der Waals surface area contributed by atoms with Gasteiger partial charge in [0.15, 0.2) is 0 Å². The Morgan fingerprint density at radius 2 is 1.17 bits per heavy atom. The molecule has 0 atom stereocenters. The normalized spacial score (nSPS) is 21.8. The van der Waals surface area contributed by atoms with E-state index < -0.39 is 0 Å². The summed E-state index contributed by atoms with van der Waals surface area (Å²) < 4.78 is 1.79. The van der Waals surface area contributed by atoms with Gasteiger partial charge < -0.3 is 31.2 Å². The van der Waals surface area contributed by atoms with Crippen LogP contribution in [-0.4, -0.2) is 3.21 Å². The number of fused-ring (bicyclic) bond motifs is 5. The first-order valence-electron chi connectivity index (χ1n) is 17.4. The van der Waals surface area contributed by atoms with Gasteiger partial charge in [-0.2, -0.15) is 18.1 Å². The molecule has 2 aromatic carbocycles. The van der Waals surface area contributed by atoms with Crippen molar-refractivity contribution in [2.45, 2.75) is 156 Å². The summed E-state index contributed by atoms with van der Waals surface area (Å²) in [5, 5.41) is 0. The van der Waals surface area contributed by atoms with Crippen LogP contribution in [0, 0.1) is 17.9 Å². The molecular weight excluding hydrogens is 679 g/mol. The quantitative estimate of drug-likeness (QED) is 0.257. The average molecular weight is 737 g/mol. The molecule has 0 unspecified atom stereocenters. The molecule has 250 valence electrons. The Morgan fingerprint density at radius 3 is 1.59 bits per heavy atom. The predicted molar refractivity (Wildman–Crippen MR) is 188 cm³/mol. The van der Waals surface area contributed by atoms with E-state index in [1.807, 2.05) is 0 Å². The molecule has 46 heavy (non-hydrogen) atoms. The molecular formula is C43H58Cl2Zr-2. The van der Waals surface area contributed by atoms with Gasteiger partial charge in [0.2, 0.25) is 0 Å². The van der Waals surface area contributed by atoms with Crippen molar-refractivity contribution in [2.24, 2.45) is 5.41 Å². The number of hydrogen-bond acceptors (Lipinski definition) is 0. The van der Waals surface area contributed by atoms with Gasteiger partial charge in [0.25, 0.3) is 0 Å². The molecule has 0 heterocycles. The van der Waals surface area contributed by atoms with E-state index in [9.17, 15) is 0 Å². The summed E-state index contributed by atoms with van der Waals surface area (Å²) in [5.74, 6) is 0. The van der Waals surface area contributed by atoms with Crippen LogP contribution >= 0.6 is 0 Å². The van der Waals surface area contributed by atoms with Gasteiger partial charge in [-0.15, -0.1) is 11.8 Å². The molecule has 7 rings (SSSR count). The zero-order valence-electron chi connectivity index (χ0n) is 30.7. The fraction of sp³-hybridized carbons (Fsp3) is 0.581. The van der Waals surface area contributed by atoms with Gasteiger partial charge in [0.05, 0.1) is 0 Å². The summed E-state index contributed by atoms with van der Waals surface area (Å²) >= 11 is 1.68. The molecule has 5 aliphatic carbocycles. The number of benzene rings is 2. The molecule has 0 spiro atoms. The summed E-state index contributed by atoms with van der Waals surface area (Å²) in [6.45, 7) is 26.0. The van der Waals surface area contributed by atoms with Crippen LogP contribution in [0.1, 0.15) is 161 Å². The monoisotopic (exact) mass is 734 g/mol. The van der Waals surface area contributed by atoms with Gasteiger partial charge >= 0.3 is 53.1 Å². The fourth-order valence-corrected chi connectivity index (χ4v) is 8.72. The van der Waals surface area contributed by atoms with Crippen molar-refractivity contribution in [3.05, 3.63) is 87.9 Å². The Balaban J connectivity index is 0.000000280. The van der Waals surface area contributed by atoms with Crippen molar-refractivity contribution in [3.63, 3.8) is 0 Å². The van der Waals surface area contributed by atoms with Crippen LogP contribution in [-0.2, 0) is 52.3 Å². The molecule has 1 saturated carbocycles. The van der Waals surface area contributed by atoms with E-state index in [0.717, 1.165) is 19.3 Å². The zero-order chi connectivity index (χ0) is 32.3. The molecule has 0 nitrogen and oxygen atoms in total. The second kappa shape index (κ2) is 14.2. The maximum atomic E-state index is 3.16. The molecule has 0 radical (unpaired) electrons. The second-order valence-corrected chi connectivity index (χ2v) is 19.6. The molecule has 0 saturated heterocycles. The Bertz CT molecular complexity index is 1410. The van der Waals surface area contributed by atoms with Crippen molar-refractivity contribution in [1.29, 1.82) is 0 Å². The fourth-order valence-electron chi connectivity index (χ4n) is 7.85. The first kappa shape index (κ1) is 39.7. The van der Waals surface area contributed by atoms with E-state index >= 15 is 0 Å². The van der Waals surface area contributed by atoms with Gasteiger partial charge in [-0.1, -0.05) is 111 Å². The van der Waals surface area contributed by atoms with E-state index in [0.29, 0.717) is 5.41 Å². The van der Waals surface area contributed by atoms with E-state index in [1.54, 1.807) is 55.3 Å². The van der Waals surface area contributed by atoms with Gasteiger partial charge in [-0.25, -0.2) is 6.08 Å². The molecule has 5 aliphatic rings. The van der Waals surface area contributed by atoms with Gasteiger partial charge in [0.1, 0.15) is 0 Å². The van der Waals surface area contributed by atoms with Crippen molar-refractivity contribution in [2.75, 3.05) is 0 Å². The summed E-state index contributed by atoms with van der Waals surface area (Å²) in [6, 6.07) is 10.3. The van der Waals surface area contributed by atoms with Gasteiger partial charge in [-0.05, 0) is 74.5 Å². The molecule has 0 aromatic heterocycles. The molecule has 3 heteroatoms. The minimum atomic E-state index is 0. The van der Waals surface area contributed by atoms with Crippen molar-refractivity contribution in [3.8, 4) is 11.1 Å². The number of allylic oxidation sites excluding steroid dienone is 4. The average Bonchev–Trinajstić information content (AvgIpc) is 3.70. The first-order valence-corrected chi connectivity index (χ1v) is 18.6. The number of rotatable bonds is 0. The molecule has 0 amide bonds. The first-order chi connectivity index (χ1) is 20.3. The molecule has 0 N–H and O–H groups in total. The standard InChI is InChI=1S/C29H37.C9H13.C5H8.2ClH.Zr/c1-26(2)9-11-28(5,6)24-16-20-18(14-22(24)26)13-19-15-23-25(17-21(19)20)29(7,8)12-10-27(23,3)4;1-9(2,3)8-6-4-5-7-8;1-2-4-5-3-1;;;/h9,14-17H,10-13H2,1-8H3;6-7H,4H2,1-3H3;1-4H2;2*1H;/q2*-1;;;;+2/p-2. The molecule has 0 aliphatic heterocycles. The van der Waals surface area contributed by atoms with Gasteiger partial charge in [0, 0.05) is 0 Å². The molecule has 1 fully saturated rings. The van der Waals surface area contributed by atoms with Crippen LogP contribution in [0.4, 0.5) is 0 Å². The molecule has 0 bridgehead atoms. The Hall–Kier alpha value is -0.747. The third-order valence-corrected chi connectivity index (χ3v) is 12.5. The SMILES string of the molecule is CC(C)(C)C1=CC[C-]=C1.CC1(C)[CH-]CC(C)(C)c2cc3c(cc21)Cc1cc2c(cc1-3)C(C)(C)CCC2(C)C.[Cl-].[Cl-].[Zr+2]=[C]1CCCC1. The summed E-state index contributed by atoms with van der Waals surface area (Å²) in [4.78, 5) is 0. The zero-order valence-corrected chi connectivity index (χ0v) is 34.6. The van der Waals surface area contributed by atoms with Crippen LogP contribution in [0.3, 0.4) is 0 Å². The predicted octanol–water partition coefficient (Wildman–Crippen LogP) is 5.78. The number of hydrogen-bond donors (Lipinski definition) is 0. The van der Waals surface area contributed by atoms with Crippen molar-refractivity contribution >= 4 is 3.21 Å². The van der Waals surface area contributed by atoms with E-state index in [4.69, 9.17) is 0 Å². The summed E-state index contributed by atoms with van der Waals surface area (Å²) in [6.07, 6.45) is 21.7. The Kier molecular flexibility index (Phi) is 12.3. The Morgan fingerprint density at radius 1 is 0.696 bits per heavy atom. The second-order valence-electron chi connectivity index (χ2n) is 17.8. The van der Waals surface area contributed by atoms with Gasteiger partial charge in [-0.3, -0.25) is 6.08 Å². The van der Waals surface area contributed by atoms with Crippen molar-refractivity contribution < 1.29 is 49.0 Å².